The van der Waals surface area contributed by atoms with Crippen molar-refractivity contribution in [3.05, 3.63) is 77.7 Å². The maximum atomic E-state index is 12.3. The van der Waals surface area contributed by atoms with Gasteiger partial charge in [-0.3, -0.25) is 29.7 Å². The summed E-state index contributed by atoms with van der Waals surface area (Å²) in [7, 11) is 0. The van der Waals surface area contributed by atoms with Gasteiger partial charge in [0.15, 0.2) is 0 Å². The van der Waals surface area contributed by atoms with Crippen molar-refractivity contribution in [2.75, 3.05) is 5.32 Å². The van der Waals surface area contributed by atoms with Gasteiger partial charge in [0.05, 0.1) is 32.0 Å². The van der Waals surface area contributed by atoms with Gasteiger partial charge in [-0.15, -0.1) is 11.3 Å². The number of nitrogens with zero attached hydrogens (tertiary/aromatic N) is 4. The third-order valence-corrected chi connectivity index (χ3v) is 4.75. The predicted molar refractivity (Wildman–Crippen MR) is 98.4 cm³/mol. The third-order valence-electron chi connectivity index (χ3n) is 3.46. The molecule has 0 bridgehead atoms. The molecule has 138 valence electrons. The molecule has 1 amide bonds. The molecule has 2 aromatic heterocycles. The molecule has 3 aromatic rings. The van der Waals surface area contributed by atoms with Crippen LogP contribution in [0.1, 0.15) is 15.2 Å². The summed E-state index contributed by atoms with van der Waals surface area (Å²) in [6.45, 7) is 0.274. The number of anilines is 1. The van der Waals surface area contributed by atoms with Crippen molar-refractivity contribution in [1.82, 2.24) is 9.78 Å². The lowest BCUT2D eigenvalue weighted by Gasteiger charge is -2.05. The van der Waals surface area contributed by atoms with Crippen LogP contribution in [0.5, 0.6) is 0 Å². The topological polar surface area (TPSA) is 133 Å². The molecule has 0 aliphatic rings. The molecule has 0 unspecified atom stereocenters. The van der Waals surface area contributed by atoms with Crippen LogP contribution in [0.15, 0.2) is 42.0 Å². The Labute approximate surface area is 160 Å². The van der Waals surface area contributed by atoms with Crippen LogP contribution in [-0.2, 0) is 6.54 Å². The zero-order chi connectivity index (χ0) is 19.6. The average Bonchev–Trinajstić information content (AvgIpc) is 3.26. The highest BCUT2D eigenvalue weighted by atomic mass is 35.5. The summed E-state index contributed by atoms with van der Waals surface area (Å²) in [5, 5.41) is 29.7. The number of rotatable bonds is 6. The fourth-order valence-corrected chi connectivity index (χ4v) is 3.22. The molecular weight excluding hydrogens is 398 g/mol. The second-order valence-corrected chi connectivity index (χ2v) is 6.67. The zero-order valence-electron chi connectivity index (χ0n) is 13.4. The first kappa shape index (κ1) is 18.5. The van der Waals surface area contributed by atoms with E-state index >= 15 is 0 Å². The summed E-state index contributed by atoms with van der Waals surface area (Å²) in [6, 6.07) is 5.39. The van der Waals surface area contributed by atoms with Gasteiger partial charge in [0.25, 0.3) is 11.6 Å². The highest BCUT2D eigenvalue weighted by Crippen LogP contribution is 2.27. The van der Waals surface area contributed by atoms with E-state index in [0.717, 1.165) is 17.8 Å². The fraction of sp³-hybridized carbons (Fsp3) is 0.0667. The summed E-state index contributed by atoms with van der Waals surface area (Å²) < 4.78 is 1.40. The third kappa shape index (κ3) is 4.27. The number of benzene rings is 1. The smallest absolute Gasteiger partial charge is 0.307 e. The number of aromatic nitrogens is 2. The molecule has 0 atom stereocenters. The number of hydrogen-bond donors (Lipinski definition) is 1. The van der Waals surface area contributed by atoms with Gasteiger partial charge in [-0.2, -0.15) is 5.10 Å². The standard InChI is InChI=1S/C15H10ClN5O5S/c16-12-4-10(20(23)24)1-2-13(12)18-15(22)14-3-9(8-27-14)6-19-7-11(5-17-19)21(25)26/h1-5,7-8H,6H2,(H,18,22). The highest BCUT2D eigenvalue weighted by Gasteiger charge is 2.15. The number of nitro benzene ring substituents is 1. The van der Waals surface area contributed by atoms with E-state index in [1.165, 1.54) is 34.3 Å². The molecule has 0 fully saturated rings. The molecule has 0 saturated carbocycles. The molecule has 0 radical (unpaired) electrons. The Morgan fingerprint density at radius 2 is 1.96 bits per heavy atom. The van der Waals surface area contributed by atoms with Crippen LogP contribution in [0, 0.1) is 20.2 Å². The Morgan fingerprint density at radius 1 is 1.22 bits per heavy atom. The minimum absolute atomic E-state index is 0.0539. The molecule has 1 aromatic carbocycles. The molecular formula is C15H10ClN5O5S. The van der Waals surface area contributed by atoms with Gasteiger partial charge in [0.2, 0.25) is 0 Å². The van der Waals surface area contributed by atoms with Crippen molar-refractivity contribution in [3.63, 3.8) is 0 Å². The molecule has 27 heavy (non-hydrogen) atoms. The van der Waals surface area contributed by atoms with E-state index in [9.17, 15) is 25.0 Å². The first-order valence-electron chi connectivity index (χ1n) is 7.33. The zero-order valence-corrected chi connectivity index (χ0v) is 14.9. The number of nitro groups is 2. The van der Waals surface area contributed by atoms with Crippen molar-refractivity contribution in [1.29, 1.82) is 0 Å². The Morgan fingerprint density at radius 3 is 2.59 bits per heavy atom. The van der Waals surface area contributed by atoms with Crippen LogP contribution < -0.4 is 5.32 Å². The number of carbonyl (C=O) groups excluding carboxylic acids is 1. The monoisotopic (exact) mass is 407 g/mol. The molecule has 0 aliphatic heterocycles. The summed E-state index contributed by atoms with van der Waals surface area (Å²) in [5.41, 5.74) is 0.712. The molecule has 12 heteroatoms. The lowest BCUT2D eigenvalue weighted by atomic mass is 10.2. The van der Waals surface area contributed by atoms with Crippen molar-refractivity contribution in [2.45, 2.75) is 6.54 Å². The number of nitrogens with one attached hydrogen (secondary N) is 1. The molecule has 2 heterocycles. The van der Waals surface area contributed by atoms with E-state index in [1.54, 1.807) is 11.4 Å². The van der Waals surface area contributed by atoms with Crippen LogP contribution >= 0.6 is 22.9 Å². The number of halogens is 1. The quantitative estimate of drug-likeness (QED) is 0.489. The Kier molecular flexibility index (Phi) is 5.14. The van der Waals surface area contributed by atoms with Crippen LogP contribution in [0.25, 0.3) is 0 Å². The minimum atomic E-state index is -0.581. The number of thiophene rings is 1. The molecule has 10 nitrogen and oxygen atoms in total. The van der Waals surface area contributed by atoms with Gasteiger partial charge in [-0.05, 0) is 23.1 Å². The largest absolute Gasteiger partial charge is 0.320 e. The first-order chi connectivity index (χ1) is 12.8. The summed E-state index contributed by atoms with van der Waals surface area (Å²) in [5.74, 6) is -0.423. The van der Waals surface area contributed by atoms with Crippen molar-refractivity contribution in [2.24, 2.45) is 0 Å². The van der Waals surface area contributed by atoms with Crippen molar-refractivity contribution >= 4 is 45.9 Å². The molecule has 0 spiro atoms. The molecule has 1 N–H and O–H groups in total. The van der Waals surface area contributed by atoms with Crippen LogP contribution in [0.4, 0.5) is 17.1 Å². The first-order valence-corrected chi connectivity index (χ1v) is 8.59. The van der Waals surface area contributed by atoms with Gasteiger partial charge < -0.3 is 5.32 Å². The maximum absolute atomic E-state index is 12.3. The van der Waals surface area contributed by atoms with E-state index in [2.05, 4.69) is 10.4 Å². The average molecular weight is 408 g/mol. The number of non-ortho nitro benzene ring substituents is 1. The Balaban J connectivity index is 1.69. The Hall–Kier alpha value is -3.31. The van der Waals surface area contributed by atoms with E-state index in [-0.39, 0.29) is 28.6 Å². The lowest BCUT2D eigenvalue weighted by Crippen LogP contribution is -2.10. The number of hydrogen-bond acceptors (Lipinski definition) is 7. The van der Waals surface area contributed by atoms with Gasteiger partial charge in [-0.25, -0.2) is 0 Å². The van der Waals surface area contributed by atoms with Gasteiger partial charge in [0.1, 0.15) is 12.4 Å². The van der Waals surface area contributed by atoms with Crippen LogP contribution in [-0.4, -0.2) is 25.5 Å². The van der Waals surface area contributed by atoms with Gasteiger partial charge in [-0.1, -0.05) is 11.6 Å². The normalized spacial score (nSPS) is 10.6. The highest BCUT2D eigenvalue weighted by molar-refractivity contribution is 7.12. The Bertz CT molecular complexity index is 1050. The predicted octanol–water partition coefficient (Wildman–Crippen LogP) is 3.72. The molecule has 0 aliphatic carbocycles. The second-order valence-electron chi connectivity index (χ2n) is 5.35. The minimum Gasteiger partial charge on any atom is -0.320 e. The number of carbonyl (C=O) groups is 1. The van der Waals surface area contributed by atoms with Gasteiger partial charge >= 0.3 is 5.69 Å². The fourth-order valence-electron chi connectivity index (χ4n) is 2.20. The van der Waals surface area contributed by atoms with E-state index in [0.29, 0.717) is 4.88 Å². The van der Waals surface area contributed by atoms with Gasteiger partial charge in [0, 0.05) is 12.1 Å². The maximum Gasteiger partial charge on any atom is 0.307 e. The van der Waals surface area contributed by atoms with E-state index in [1.807, 2.05) is 0 Å². The molecule has 0 saturated heterocycles. The summed E-state index contributed by atoms with van der Waals surface area (Å²) >= 11 is 7.15. The van der Waals surface area contributed by atoms with E-state index in [4.69, 9.17) is 11.6 Å². The summed E-state index contributed by atoms with van der Waals surface area (Å²) in [4.78, 5) is 33.0. The van der Waals surface area contributed by atoms with Crippen LogP contribution in [0.3, 0.4) is 0 Å². The number of amides is 1. The second kappa shape index (κ2) is 7.51. The lowest BCUT2D eigenvalue weighted by molar-refractivity contribution is -0.385. The summed E-state index contributed by atoms with van der Waals surface area (Å²) in [6.07, 6.45) is 2.45. The van der Waals surface area contributed by atoms with Crippen LogP contribution in [0.2, 0.25) is 5.02 Å². The van der Waals surface area contributed by atoms with Crippen molar-refractivity contribution in [3.8, 4) is 0 Å². The van der Waals surface area contributed by atoms with E-state index < -0.39 is 15.8 Å². The molecule has 3 rings (SSSR count). The SMILES string of the molecule is O=C(Nc1ccc([N+](=O)[O-])cc1Cl)c1cc(Cn2cc([N+](=O)[O-])cn2)cs1. The van der Waals surface area contributed by atoms with Crippen molar-refractivity contribution < 1.29 is 14.6 Å².